The molecule has 0 atom stereocenters. The minimum absolute atomic E-state index is 0.00870. The molecule has 0 bridgehead atoms. The van der Waals surface area contributed by atoms with Crippen LogP contribution < -0.4 is 16.4 Å². The van der Waals surface area contributed by atoms with Crippen molar-refractivity contribution in [1.82, 2.24) is 5.32 Å². The van der Waals surface area contributed by atoms with Crippen LogP contribution in [0, 0.1) is 5.41 Å². The standard InChI is InChI=1S/C15H20ClN3O2/c1-2-15(5-7-18-8-6-15)14(21)19-10-3-4-11(13(17)20)12(16)9-10/h3-4,9,18H,2,5-8H2,1H3,(H2,17,20)(H,19,21). The van der Waals surface area contributed by atoms with Gasteiger partial charge in [-0.15, -0.1) is 0 Å². The number of rotatable bonds is 4. The van der Waals surface area contributed by atoms with E-state index in [4.69, 9.17) is 17.3 Å². The fourth-order valence-corrected chi connectivity index (χ4v) is 2.98. The van der Waals surface area contributed by atoms with Gasteiger partial charge in [0.05, 0.1) is 16.0 Å². The van der Waals surface area contributed by atoms with Gasteiger partial charge in [-0.1, -0.05) is 18.5 Å². The van der Waals surface area contributed by atoms with Crippen LogP contribution in [0.25, 0.3) is 0 Å². The summed E-state index contributed by atoms with van der Waals surface area (Å²) < 4.78 is 0. The highest BCUT2D eigenvalue weighted by Crippen LogP contribution is 2.34. The van der Waals surface area contributed by atoms with Gasteiger partial charge >= 0.3 is 0 Å². The highest BCUT2D eigenvalue weighted by Gasteiger charge is 2.37. The van der Waals surface area contributed by atoms with Gasteiger partial charge in [0.15, 0.2) is 0 Å². The van der Waals surface area contributed by atoms with Crippen LogP contribution >= 0.6 is 11.6 Å². The molecule has 21 heavy (non-hydrogen) atoms. The Kier molecular flexibility index (Phi) is 4.85. The third-order valence-electron chi connectivity index (χ3n) is 4.21. The molecule has 0 spiro atoms. The summed E-state index contributed by atoms with van der Waals surface area (Å²) in [5.74, 6) is -0.573. The van der Waals surface area contributed by atoms with Crippen molar-refractivity contribution in [2.24, 2.45) is 11.1 Å². The lowest BCUT2D eigenvalue weighted by atomic mass is 9.76. The van der Waals surface area contributed by atoms with Gasteiger partial charge in [0.2, 0.25) is 11.8 Å². The second-order valence-corrected chi connectivity index (χ2v) is 5.80. The molecule has 1 saturated heterocycles. The minimum atomic E-state index is -0.582. The molecule has 5 nitrogen and oxygen atoms in total. The SMILES string of the molecule is CCC1(C(=O)Nc2ccc(C(N)=O)c(Cl)c2)CCNCC1. The van der Waals surface area contributed by atoms with Gasteiger partial charge in [-0.3, -0.25) is 9.59 Å². The highest BCUT2D eigenvalue weighted by molar-refractivity contribution is 6.34. The second kappa shape index (κ2) is 6.45. The van der Waals surface area contributed by atoms with Crippen molar-refractivity contribution in [3.8, 4) is 0 Å². The Morgan fingerprint density at radius 3 is 2.57 bits per heavy atom. The average Bonchev–Trinajstić information content (AvgIpc) is 2.47. The number of halogens is 1. The van der Waals surface area contributed by atoms with Crippen molar-refractivity contribution in [3.05, 3.63) is 28.8 Å². The van der Waals surface area contributed by atoms with E-state index in [1.165, 1.54) is 6.07 Å². The molecule has 0 aliphatic carbocycles. The van der Waals surface area contributed by atoms with Crippen LogP contribution in [-0.2, 0) is 4.79 Å². The van der Waals surface area contributed by atoms with Crippen molar-refractivity contribution in [2.75, 3.05) is 18.4 Å². The van der Waals surface area contributed by atoms with Crippen LogP contribution in [0.2, 0.25) is 5.02 Å². The van der Waals surface area contributed by atoms with Crippen molar-refractivity contribution < 1.29 is 9.59 Å². The molecule has 0 aromatic heterocycles. The fraction of sp³-hybridized carbons (Fsp3) is 0.467. The van der Waals surface area contributed by atoms with Crippen molar-refractivity contribution in [2.45, 2.75) is 26.2 Å². The molecule has 0 saturated carbocycles. The van der Waals surface area contributed by atoms with E-state index in [0.29, 0.717) is 5.69 Å². The number of piperidine rings is 1. The number of carbonyl (C=O) groups is 2. The summed E-state index contributed by atoms with van der Waals surface area (Å²) in [4.78, 5) is 23.7. The predicted octanol–water partition coefficient (Wildman–Crippen LogP) is 2.16. The molecule has 1 fully saturated rings. The first-order chi connectivity index (χ1) is 9.98. The maximum atomic E-state index is 12.6. The highest BCUT2D eigenvalue weighted by atomic mass is 35.5. The Bertz CT molecular complexity index is 554. The Balaban J connectivity index is 2.15. The fourth-order valence-electron chi connectivity index (χ4n) is 2.70. The van der Waals surface area contributed by atoms with Crippen LogP contribution in [0.5, 0.6) is 0 Å². The van der Waals surface area contributed by atoms with Crippen LogP contribution in [0.15, 0.2) is 18.2 Å². The van der Waals surface area contributed by atoms with Crippen molar-refractivity contribution in [1.29, 1.82) is 0 Å². The summed E-state index contributed by atoms with van der Waals surface area (Å²) in [6.45, 7) is 3.74. The number of benzene rings is 1. The molecule has 0 radical (unpaired) electrons. The molecule has 4 N–H and O–H groups in total. The van der Waals surface area contributed by atoms with Crippen LogP contribution in [0.1, 0.15) is 36.5 Å². The van der Waals surface area contributed by atoms with Crippen LogP contribution in [-0.4, -0.2) is 24.9 Å². The largest absolute Gasteiger partial charge is 0.366 e. The zero-order valence-electron chi connectivity index (χ0n) is 12.0. The van der Waals surface area contributed by atoms with Gasteiger partial charge in [0.25, 0.3) is 0 Å². The number of carbonyl (C=O) groups excluding carboxylic acids is 2. The molecule has 2 rings (SSSR count). The van der Waals surface area contributed by atoms with Gasteiger partial charge in [0.1, 0.15) is 0 Å². The first kappa shape index (κ1) is 15.8. The number of hydrogen-bond acceptors (Lipinski definition) is 3. The number of nitrogens with one attached hydrogen (secondary N) is 2. The molecule has 2 amide bonds. The average molecular weight is 310 g/mol. The second-order valence-electron chi connectivity index (χ2n) is 5.40. The summed E-state index contributed by atoms with van der Waals surface area (Å²) in [6, 6.07) is 4.74. The van der Waals surface area contributed by atoms with E-state index < -0.39 is 5.91 Å². The zero-order chi connectivity index (χ0) is 15.5. The van der Waals surface area contributed by atoms with E-state index in [-0.39, 0.29) is 21.9 Å². The molecule has 1 aromatic rings. The summed E-state index contributed by atoms with van der Waals surface area (Å²) >= 11 is 6.00. The molecule has 0 unspecified atom stereocenters. The first-order valence-corrected chi connectivity index (χ1v) is 7.48. The van der Waals surface area contributed by atoms with E-state index in [0.717, 1.165) is 32.4 Å². The first-order valence-electron chi connectivity index (χ1n) is 7.10. The number of anilines is 1. The van der Waals surface area contributed by atoms with E-state index in [2.05, 4.69) is 10.6 Å². The molecule has 1 aliphatic heterocycles. The molecular formula is C15H20ClN3O2. The van der Waals surface area contributed by atoms with E-state index in [1.807, 2.05) is 6.92 Å². The van der Waals surface area contributed by atoms with E-state index >= 15 is 0 Å². The maximum absolute atomic E-state index is 12.6. The van der Waals surface area contributed by atoms with Gasteiger partial charge in [-0.05, 0) is 50.6 Å². The van der Waals surface area contributed by atoms with E-state index in [1.54, 1.807) is 12.1 Å². The lowest BCUT2D eigenvalue weighted by Gasteiger charge is -2.35. The minimum Gasteiger partial charge on any atom is -0.366 e. The third-order valence-corrected chi connectivity index (χ3v) is 4.52. The number of hydrogen-bond donors (Lipinski definition) is 3. The Morgan fingerprint density at radius 2 is 2.05 bits per heavy atom. The van der Waals surface area contributed by atoms with Crippen LogP contribution in [0.3, 0.4) is 0 Å². The quantitative estimate of drug-likeness (QED) is 0.797. The number of primary amides is 1. The van der Waals surface area contributed by atoms with Crippen molar-refractivity contribution in [3.63, 3.8) is 0 Å². The topological polar surface area (TPSA) is 84.2 Å². The molecule has 114 valence electrons. The zero-order valence-corrected chi connectivity index (χ0v) is 12.8. The summed E-state index contributed by atoms with van der Waals surface area (Å²) in [6.07, 6.45) is 2.44. The maximum Gasteiger partial charge on any atom is 0.250 e. The van der Waals surface area contributed by atoms with Gasteiger partial charge in [-0.25, -0.2) is 0 Å². The normalized spacial score (nSPS) is 17.2. The summed E-state index contributed by atoms with van der Waals surface area (Å²) in [5.41, 5.74) is 5.71. The lowest BCUT2D eigenvalue weighted by Crippen LogP contribution is -2.44. The Morgan fingerprint density at radius 1 is 1.38 bits per heavy atom. The van der Waals surface area contributed by atoms with Crippen molar-refractivity contribution >= 4 is 29.1 Å². The molecule has 1 aromatic carbocycles. The summed E-state index contributed by atoms with van der Waals surface area (Å²) in [5, 5.41) is 6.42. The predicted molar refractivity (Wildman–Crippen MR) is 83.4 cm³/mol. The van der Waals surface area contributed by atoms with Gasteiger partial charge in [0, 0.05) is 5.69 Å². The number of nitrogens with two attached hydrogens (primary N) is 1. The lowest BCUT2D eigenvalue weighted by molar-refractivity contribution is -0.127. The number of amides is 2. The Hall–Kier alpha value is -1.59. The molecular weight excluding hydrogens is 290 g/mol. The molecule has 1 heterocycles. The van der Waals surface area contributed by atoms with Crippen LogP contribution in [0.4, 0.5) is 5.69 Å². The monoisotopic (exact) mass is 309 g/mol. The van der Waals surface area contributed by atoms with Gasteiger partial charge < -0.3 is 16.4 Å². The van der Waals surface area contributed by atoms with Gasteiger partial charge in [-0.2, -0.15) is 0 Å². The molecule has 6 heteroatoms. The summed E-state index contributed by atoms with van der Waals surface area (Å²) in [7, 11) is 0. The van der Waals surface area contributed by atoms with E-state index in [9.17, 15) is 9.59 Å². The third kappa shape index (κ3) is 3.36. The molecule has 1 aliphatic rings. The Labute approximate surface area is 129 Å². The smallest absolute Gasteiger partial charge is 0.250 e.